The van der Waals surface area contributed by atoms with Gasteiger partial charge in [-0.1, -0.05) is 29.3 Å². The molecule has 5 nitrogen and oxygen atoms in total. The lowest BCUT2D eigenvalue weighted by molar-refractivity contribution is -0.115. The molecule has 26 heavy (non-hydrogen) atoms. The summed E-state index contributed by atoms with van der Waals surface area (Å²) in [6.45, 7) is 2.26. The third-order valence-electron chi connectivity index (χ3n) is 3.36. The minimum Gasteiger partial charge on any atom is -0.504 e. The van der Waals surface area contributed by atoms with Gasteiger partial charge in [-0.3, -0.25) is 4.79 Å². The van der Waals surface area contributed by atoms with Crippen LogP contribution < -0.4 is 10.1 Å². The molecular weight excluding hydrogens is 395 g/mol. The standard InChI is InChI=1S/C18H14Cl2N2O3S/c1-2-25-15-7-10(3-6-14(15)23)8-16-17(24)22-18(26-16)21-13-5-4-11(19)9-12(13)20/h3-9,23H,2H2,1H3,(H,21,22,24). The lowest BCUT2D eigenvalue weighted by atomic mass is 10.2. The smallest absolute Gasteiger partial charge is 0.264 e. The Morgan fingerprint density at radius 1 is 1.27 bits per heavy atom. The summed E-state index contributed by atoms with van der Waals surface area (Å²) < 4.78 is 5.36. The molecule has 1 fully saturated rings. The lowest BCUT2D eigenvalue weighted by Crippen LogP contribution is -2.19. The van der Waals surface area contributed by atoms with Crippen molar-refractivity contribution in [2.24, 2.45) is 4.99 Å². The zero-order chi connectivity index (χ0) is 18.7. The Balaban J connectivity index is 1.84. The predicted molar refractivity (Wildman–Crippen MR) is 107 cm³/mol. The van der Waals surface area contributed by atoms with E-state index in [1.165, 1.54) is 17.8 Å². The molecule has 1 saturated heterocycles. The molecule has 8 heteroatoms. The van der Waals surface area contributed by atoms with Crippen molar-refractivity contribution < 1.29 is 14.6 Å². The SMILES string of the molecule is CCOc1cc(C=C2SC(=Nc3ccc(Cl)cc3Cl)NC2=O)ccc1O. The Kier molecular flexibility index (Phi) is 5.76. The normalized spacial score (nSPS) is 17.0. The van der Waals surface area contributed by atoms with Gasteiger partial charge >= 0.3 is 0 Å². The fraction of sp³-hybridized carbons (Fsp3) is 0.111. The number of hydrogen-bond acceptors (Lipinski definition) is 5. The van der Waals surface area contributed by atoms with Crippen LogP contribution in [0.1, 0.15) is 12.5 Å². The van der Waals surface area contributed by atoms with Gasteiger partial charge in [-0.2, -0.15) is 0 Å². The fourth-order valence-corrected chi connectivity index (χ4v) is 3.49. The minimum absolute atomic E-state index is 0.0529. The second-order valence-corrected chi connectivity index (χ2v) is 7.11. The Morgan fingerprint density at radius 3 is 2.81 bits per heavy atom. The van der Waals surface area contributed by atoms with Gasteiger partial charge < -0.3 is 15.2 Å². The number of thioether (sulfide) groups is 1. The van der Waals surface area contributed by atoms with E-state index < -0.39 is 0 Å². The molecule has 1 heterocycles. The number of benzene rings is 2. The van der Waals surface area contributed by atoms with Gasteiger partial charge in [0.05, 0.1) is 22.2 Å². The molecule has 2 aromatic carbocycles. The molecule has 0 aromatic heterocycles. The first kappa shape index (κ1) is 18.6. The van der Waals surface area contributed by atoms with Crippen LogP contribution in [0.3, 0.4) is 0 Å². The number of ether oxygens (including phenoxy) is 1. The summed E-state index contributed by atoms with van der Waals surface area (Å²) in [4.78, 5) is 17.0. The van der Waals surface area contributed by atoms with Gasteiger partial charge in [0.25, 0.3) is 5.91 Å². The van der Waals surface area contributed by atoms with Gasteiger partial charge in [0, 0.05) is 5.02 Å². The largest absolute Gasteiger partial charge is 0.504 e. The topological polar surface area (TPSA) is 70.9 Å². The number of halogens is 2. The number of carbonyl (C=O) groups excluding carboxylic acids is 1. The monoisotopic (exact) mass is 408 g/mol. The number of amides is 1. The molecule has 0 bridgehead atoms. The van der Waals surface area contributed by atoms with Crippen LogP contribution in [0.15, 0.2) is 46.3 Å². The molecule has 0 atom stereocenters. The van der Waals surface area contributed by atoms with Crippen molar-refractivity contribution in [3.63, 3.8) is 0 Å². The Morgan fingerprint density at radius 2 is 2.08 bits per heavy atom. The number of rotatable bonds is 4. The second kappa shape index (κ2) is 8.03. The number of amidine groups is 1. The van der Waals surface area contributed by atoms with Crippen molar-refractivity contribution in [1.82, 2.24) is 5.32 Å². The summed E-state index contributed by atoms with van der Waals surface area (Å²) in [5, 5.41) is 13.8. The van der Waals surface area contributed by atoms with Crippen molar-refractivity contribution in [3.05, 3.63) is 56.9 Å². The van der Waals surface area contributed by atoms with Crippen molar-refractivity contribution in [2.75, 3.05) is 6.61 Å². The van der Waals surface area contributed by atoms with Crippen LogP contribution in [0, 0.1) is 0 Å². The molecule has 0 spiro atoms. The molecule has 2 N–H and O–H groups in total. The minimum atomic E-state index is -0.259. The number of phenolic OH excluding ortho intramolecular Hbond substituents is 1. The highest BCUT2D eigenvalue weighted by atomic mass is 35.5. The summed E-state index contributed by atoms with van der Waals surface area (Å²) in [5.41, 5.74) is 1.25. The second-order valence-electron chi connectivity index (χ2n) is 5.24. The molecule has 0 unspecified atom stereocenters. The number of hydrogen-bond donors (Lipinski definition) is 2. The molecule has 134 valence electrons. The predicted octanol–water partition coefficient (Wildman–Crippen LogP) is 4.99. The number of nitrogens with zero attached hydrogens (tertiary/aromatic N) is 1. The first-order valence-corrected chi connectivity index (χ1v) is 9.24. The van der Waals surface area contributed by atoms with E-state index in [4.69, 9.17) is 27.9 Å². The van der Waals surface area contributed by atoms with E-state index in [1.807, 2.05) is 6.92 Å². The van der Waals surface area contributed by atoms with E-state index >= 15 is 0 Å². The Labute approximate surface area is 164 Å². The van der Waals surface area contributed by atoms with Crippen LogP contribution in [0.2, 0.25) is 10.0 Å². The molecule has 1 aliphatic rings. The quantitative estimate of drug-likeness (QED) is 0.698. The van der Waals surface area contributed by atoms with Gasteiger partial charge in [0.2, 0.25) is 0 Å². The molecule has 0 radical (unpaired) electrons. The zero-order valence-electron chi connectivity index (χ0n) is 13.6. The van der Waals surface area contributed by atoms with Crippen LogP contribution in [-0.2, 0) is 4.79 Å². The van der Waals surface area contributed by atoms with E-state index in [-0.39, 0.29) is 11.7 Å². The van der Waals surface area contributed by atoms with Crippen molar-refractivity contribution in [3.8, 4) is 11.5 Å². The third kappa shape index (κ3) is 4.33. The third-order valence-corrected chi connectivity index (χ3v) is 4.81. The highest BCUT2D eigenvalue weighted by molar-refractivity contribution is 8.18. The van der Waals surface area contributed by atoms with Crippen LogP contribution in [0.5, 0.6) is 11.5 Å². The maximum absolute atomic E-state index is 12.2. The van der Waals surface area contributed by atoms with Crippen molar-refractivity contribution >= 4 is 57.8 Å². The maximum Gasteiger partial charge on any atom is 0.264 e. The summed E-state index contributed by atoms with van der Waals surface area (Å²) in [7, 11) is 0. The number of aliphatic imine (C=N–C) groups is 1. The summed E-state index contributed by atoms with van der Waals surface area (Å²) in [6, 6.07) is 9.84. The van der Waals surface area contributed by atoms with Crippen LogP contribution in [0.4, 0.5) is 5.69 Å². The molecule has 0 aliphatic carbocycles. The Hall–Kier alpha value is -2.15. The molecule has 3 rings (SSSR count). The number of nitrogens with one attached hydrogen (secondary N) is 1. The highest BCUT2D eigenvalue weighted by Crippen LogP contribution is 2.33. The number of aromatic hydroxyl groups is 1. The van der Waals surface area contributed by atoms with Gasteiger partial charge in [0.15, 0.2) is 16.7 Å². The van der Waals surface area contributed by atoms with Crippen molar-refractivity contribution in [1.29, 1.82) is 0 Å². The van der Waals surface area contributed by atoms with Crippen LogP contribution >= 0.6 is 35.0 Å². The highest BCUT2D eigenvalue weighted by Gasteiger charge is 2.24. The zero-order valence-corrected chi connectivity index (χ0v) is 16.0. The number of phenols is 1. The molecule has 1 amide bonds. The lowest BCUT2D eigenvalue weighted by Gasteiger charge is -2.06. The molecule has 0 saturated carbocycles. The average molecular weight is 409 g/mol. The van der Waals surface area contributed by atoms with Crippen LogP contribution in [0.25, 0.3) is 6.08 Å². The average Bonchev–Trinajstić information content (AvgIpc) is 2.93. The summed E-state index contributed by atoms with van der Waals surface area (Å²) in [6.07, 6.45) is 1.70. The Bertz CT molecular complexity index is 929. The summed E-state index contributed by atoms with van der Waals surface area (Å²) >= 11 is 13.2. The van der Waals surface area contributed by atoms with Gasteiger partial charge in [0.1, 0.15) is 0 Å². The molecule has 1 aliphatic heterocycles. The fourth-order valence-electron chi connectivity index (χ4n) is 2.20. The van der Waals surface area contributed by atoms with Gasteiger partial charge in [-0.25, -0.2) is 4.99 Å². The maximum atomic E-state index is 12.2. The van der Waals surface area contributed by atoms with E-state index in [1.54, 1.807) is 36.4 Å². The molecular formula is C18H14Cl2N2O3S. The van der Waals surface area contributed by atoms with E-state index in [9.17, 15) is 9.90 Å². The van der Waals surface area contributed by atoms with E-state index in [2.05, 4.69) is 10.3 Å². The first-order valence-electron chi connectivity index (χ1n) is 7.66. The first-order chi connectivity index (χ1) is 12.5. The van der Waals surface area contributed by atoms with Gasteiger partial charge in [-0.15, -0.1) is 0 Å². The van der Waals surface area contributed by atoms with Crippen molar-refractivity contribution in [2.45, 2.75) is 6.92 Å². The van der Waals surface area contributed by atoms with Gasteiger partial charge in [-0.05, 0) is 60.7 Å². The number of carbonyl (C=O) groups is 1. The van der Waals surface area contributed by atoms with E-state index in [0.717, 1.165) is 5.56 Å². The van der Waals surface area contributed by atoms with Crippen LogP contribution in [-0.4, -0.2) is 22.8 Å². The van der Waals surface area contributed by atoms with E-state index in [0.29, 0.717) is 38.2 Å². The molecule has 2 aromatic rings. The summed E-state index contributed by atoms with van der Waals surface area (Å²) in [5.74, 6) is 0.161.